The van der Waals surface area contributed by atoms with Crippen molar-refractivity contribution in [2.45, 2.75) is 81.6 Å². The van der Waals surface area contributed by atoms with E-state index in [2.05, 4.69) is 15.6 Å². The van der Waals surface area contributed by atoms with E-state index in [0.717, 1.165) is 47.9 Å². The molecule has 0 unspecified atom stereocenters. The van der Waals surface area contributed by atoms with Crippen LogP contribution in [0, 0.1) is 0 Å². The van der Waals surface area contributed by atoms with Crippen molar-refractivity contribution in [1.29, 1.82) is 0 Å². The first-order valence-electron chi connectivity index (χ1n) is 17.1. The van der Waals surface area contributed by atoms with Crippen LogP contribution in [0.15, 0.2) is 96.2 Å². The number of hydrogen-bond donors (Lipinski definition) is 5. The number of unbranched alkanes of at least 4 members (excludes halogenated alkanes) is 3. The predicted molar refractivity (Wildman–Crippen MR) is 196 cm³/mol. The van der Waals surface area contributed by atoms with E-state index in [9.17, 15) is 24.6 Å². The number of aromatic nitrogens is 1. The second-order valence-corrected chi connectivity index (χ2v) is 13.4. The van der Waals surface area contributed by atoms with E-state index in [1.165, 1.54) is 17.8 Å². The number of carbonyl (C=O) groups is 3. The zero-order valence-corrected chi connectivity index (χ0v) is 29.1. The Hall–Kier alpha value is -4.75. The minimum absolute atomic E-state index is 0.0234. The Kier molecular flexibility index (Phi) is 14.0. The summed E-state index contributed by atoms with van der Waals surface area (Å²) in [6.07, 6.45) is 4.96. The molecule has 2 amide bonds. The van der Waals surface area contributed by atoms with Crippen molar-refractivity contribution in [3.8, 4) is 0 Å². The highest BCUT2D eigenvalue weighted by molar-refractivity contribution is 7.99. The molecule has 0 bridgehead atoms. The number of carboxylic acids is 1. The van der Waals surface area contributed by atoms with Crippen LogP contribution in [0.4, 0.5) is 11.4 Å². The number of aliphatic hydroxyl groups excluding tert-OH is 1. The number of amides is 2. The van der Waals surface area contributed by atoms with Gasteiger partial charge in [-0.1, -0.05) is 73.5 Å². The second kappa shape index (κ2) is 19.0. The normalized spacial score (nSPS) is 17.1. The fourth-order valence-corrected chi connectivity index (χ4v) is 6.70. The molecule has 6 N–H and O–H groups in total. The summed E-state index contributed by atoms with van der Waals surface area (Å²) in [7, 11) is 0. The summed E-state index contributed by atoms with van der Waals surface area (Å²) in [5.41, 5.74) is 10.7. The maximum atomic E-state index is 12.5. The van der Waals surface area contributed by atoms with Crippen LogP contribution in [0.5, 0.6) is 0 Å². The van der Waals surface area contributed by atoms with Crippen molar-refractivity contribution in [3.05, 3.63) is 119 Å². The van der Waals surface area contributed by atoms with Gasteiger partial charge in [-0.05, 0) is 53.8 Å². The molecule has 1 aromatic heterocycles. The molecule has 11 nitrogen and oxygen atoms in total. The van der Waals surface area contributed by atoms with Crippen LogP contribution < -0.4 is 16.4 Å². The quantitative estimate of drug-likeness (QED) is 0.0446. The molecular weight excluding hydrogens is 669 g/mol. The molecule has 0 aliphatic carbocycles. The van der Waals surface area contributed by atoms with Gasteiger partial charge in [-0.3, -0.25) is 9.59 Å². The van der Waals surface area contributed by atoms with Gasteiger partial charge in [-0.2, -0.15) is 0 Å². The van der Waals surface area contributed by atoms with E-state index in [4.69, 9.17) is 15.2 Å². The predicted octanol–water partition coefficient (Wildman–Crippen LogP) is 6.79. The van der Waals surface area contributed by atoms with Crippen molar-refractivity contribution in [2.24, 2.45) is 0 Å². The number of aromatic carboxylic acids is 1. The van der Waals surface area contributed by atoms with Crippen LogP contribution >= 0.6 is 11.8 Å². The van der Waals surface area contributed by atoms with E-state index >= 15 is 0 Å². The van der Waals surface area contributed by atoms with Crippen molar-refractivity contribution in [2.75, 3.05) is 16.8 Å². The van der Waals surface area contributed by atoms with Gasteiger partial charge in [0.25, 0.3) is 0 Å². The number of carboxylic acid groups (broad SMARTS) is 1. The highest BCUT2D eigenvalue weighted by Gasteiger charge is 2.32. The number of nitrogens with two attached hydrogens (primary N) is 1. The molecule has 268 valence electrons. The number of nitrogens with one attached hydrogen (secondary N) is 2. The summed E-state index contributed by atoms with van der Waals surface area (Å²) in [6.45, 7) is 0.344. The molecule has 1 aliphatic heterocycles. The standard InChI is InChI=1S/C39H44N4O7S/c40-32-9-5-6-10-33(32)43-36(46)12-4-2-1-3-11-35(45)42-23-26-13-19-29(20-14-26)39-49-30(25-51-37-31(38(47)48)8-7-21-41-37)22-34(50-39)28-17-15-27(24-44)16-18-28/h5-10,13-21,30,34,39,44H,1-4,11-12,22-25,40H2,(H,42,45)(H,43,46)(H,47,48)/t30-,34+,39+/m0/s1. The number of pyridine rings is 1. The molecule has 1 saturated heterocycles. The fourth-order valence-electron chi connectivity index (χ4n) is 5.69. The van der Waals surface area contributed by atoms with Crippen molar-refractivity contribution >= 4 is 40.9 Å². The Labute approximate surface area is 302 Å². The Balaban J connectivity index is 1.08. The van der Waals surface area contributed by atoms with Gasteiger partial charge in [0.1, 0.15) is 5.03 Å². The van der Waals surface area contributed by atoms with Gasteiger partial charge >= 0.3 is 5.97 Å². The van der Waals surface area contributed by atoms with Gasteiger partial charge in [0.2, 0.25) is 11.8 Å². The summed E-state index contributed by atoms with van der Waals surface area (Å²) < 4.78 is 12.8. The molecule has 4 aromatic rings. The number of rotatable bonds is 17. The molecule has 2 heterocycles. The van der Waals surface area contributed by atoms with Gasteiger partial charge in [0.05, 0.1) is 35.8 Å². The van der Waals surface area contributed by atoms with Crippen molar-refractivity contribution in [1.82, 2.24) is 10.3 Å². The average Bonchev–Trinajstić information content (AvgIpc) is 3.15. The lowest BCUT2D eigenvalue weighted by atomic mass is 10.0. The summed E-state index contributed by atoms with van der Waals surface area (Å²) in [6, 6.07) is 25.7. The third-order valence-electron chi connectivity index (χ3n) is 8.56. The van der Waals surface area contributed by atoms with E-state index in [-0.39, 0.29) is 36.2 Å². The monoisotopic (exact) mass is 712 g/mol. The molecule has 51 heavy (non-hydrogen) atoms. The van der Waals surface area contributed by atoms with Gasteiger partial charge in [-0.25, -0.2) is 9.78 Å². The molecular formula is C39H44N4O7S. The average molecular weight is 713 g/mol. The minimum atomic E-state index is -1.03. The Morgan fingerprint density at radius 3 is 2.22 bits per heavy atom. The number of anilines is 2. The first-order valence-corrected chi connectivity index (χ1v) is 18.1. The van der Waals surface area contributed by atoms with E-state index in [1.54, 1.807) is 24.4 Å². The smallest absolute Gasteiger partial charge is 0.338 e. The molecule has 1 fully saturated rings. The molecule has 1 aliphatic rings. The summed E-state index contributed by atoms with van der Waals surface area (Å²) in [4.78, 5) is 40.6. The molecule has 3 atom stereocenters. The Morgan fingerprint density at radius 1 is 0.824 bits per heavy atom. The molecule has 0 radical (unpaired) electrons. The lowest BCUT2D eigenvalue weighted by Crippen LogP contribution is -2.31. The topological polar surface area (TPSA) is 173 Å². The van der Waals surface area contributed by atoms with Gasteiger partial charge in [-0.15, -0.1) is 11.8 Å². The lowest BCUT2D eigenvalue weighted by molar-refractivity contribution is -0.245. The molecule has 5 rings (SSSR count). The lowest BCUT2D eigenvalue weighted by Gasteiger charge is -2.36. The van der Waals surface area contributed by atoms with Crippen LogP contribution in [-0.4, -0.2) is 44.8 Å². The zero-order chi connectivity index (χ0) is 36.0. The zero-order valence-electron chi connectivity index (χ0n) is 28.3. The number of nitrogen functional groups attached to an aromatic ring is 1. The minimum Gasteiger partial charge on any atom is -0.478 e. The summed E-state index contributed by atoms with van der Waals surface area (Å²) >= 11 is 1.34. The first-order chi connectivity index (χ1) is 24.8. The number of aliphatic hydroxyl groups is 1. The fraction of sp³-hybridized carbons (Fsp3) is 0.333. The Morgan fingerprint density at radius 2 is 1.51 bits per heavy atom. The molecule has 0 spiro atoms. The first kappa shape index (κ1) is 37.5. The third-order valence-corrected chi connectivity index (χ3v) is 9.69. The number of ether oxygens (including phenoxy) is 2. The van der Waals surface area contributed by atoms with Gasteiger partial charge in [0, 0.05) is 43.3 Å². The number of hydrogen-bond acceptors (Lipinski definition) is 9. The van der Waals surface area contributed by atoms with Crippen LogP contribution in [0.3, 0.4) is 0 Å². The van der Waals surface area contributed by atoms with E-state index in [0.29, 0.717) is 48.0 Å². The summed E-state index contributed by atoms with van der Waals surface area (Å²) in [5.74, 6) is -0.642. The molecule has 0 saturated carbocycles. The number of thioether (sulfide) groups is 1. The van der Waals surface area contributed by atoms with Crippen LogP contribution in [0.1, 0.15) is 90.0 Å². The highest BCUT2D eigenvalue weighted by atomic mass is 32.2. The number of benzene rings is 3. The number of para-hydroxylation sites is 2. The van der Waals surface area contributed by atoms with Crippen molar-refractivity contribution in [3.63, 3.8) is 0 Å². The van der Waals surface area contributed by atoms with Crippen LogP contribution in [-0.2, 0) is 32.2 Å². The van der Waals surface area contributed by atoms with E-state index < -0.39 is 12.3 Å². The Bertz CT molecular complexity index is 1750. The van der Waals surface area contributed by atoms with Gasteiger partial charge < -0.3 is 36.1 Å². The number of nitrogens with zero attached hydrogens (tertiary/aromatic N) is 1. The molecule has 12 heteroatoms. The van der Waals surface area contributed by atoms with E-state index in [1.807, 2.05) is 60.7 Å². The SMILES string of the molecule is Nc1ccccc1NC(=O)CCCCCCC(=O)NCc1ccc([C@@H]2O[C@H](CSc3ncccc3C(=O)O)C[C@H](c3ccc(CO)cc3)O2)cc1. The van der Waals surface area contributed by atoms with Crippen LogP contribution in [0.25, 0.3) is 0 Å². The highest BCUT2D eigenvalue weighted by Crippen LogP contribution is 2.39. The maximum absolute atomic E-state index is 12.5. The largest absolute Gasteiger partial charge is 0.478 e. The third kappa shape index (κ3) is 11.4. The second-order valence-electron chi connectivity index (χ2n) is 12.4. The van der Waals surface area contributed by atoms with Crippen molar-refractivity contribution < 1.29 is 34.1 Å². The summed E-state index contributed by atoms with van der Waals surface area (Å²) in [5, 5.41) is 25.3. The van der Waals surface area contributed by atoms with Gasteiger partial charge in [0.15, 0.2) is 6.29 Å². The number of carbonyl (C=O) groups excluding carboxylic acids is 2. The van der Waals surface area contributed by atoms with Crippen LogP contribution in [0.2, 0.25) is 0 Å². The molecule has 3 aromatic carbocycles. The maximum Gasteiger partial charge on any atom is 0.338 e.